The van der Waals surface area contributed by atoms with Crippen molar-refractivity contribution in [1.82, 2.24) is 10.6 Å². The molecular weight excluding hydrogens is 273 g/mol. The lowest BCUT2D eigenvalue weighted by Gasteiger charge is -2.12. The molecule has 0 spiro atoms. The Labute approximate surface area is 114 Å². The molecule has 0 heterocycles. The molecule has 0 saturated heterocycles. The van der Waals surface area contributed by atoms with Crippen molar-refractivity contribution in [1.29, 1.82) is 0 Å². The SMILES string of the molecule is CCCNC(=O)CNC(=O)c1ccccc1C(F)(F)F. The second-order valence-corrected chi connectivity index (χ2v) is 4.08. The van der Waals surface area contributed by atoms with Gasteiger partial charge < -0.3 is 10.6 Å². The molecule has 1 aromatic carbocycles. The summed E-state index contributed by atoms with van der Waals surface area (Å²) in [5.74, 6) is -1.37. The lowest BCUT2D eigenvalue weighted by Crippen LogP contribution is -2.37. The summed E-state index contributed by atoms with van der Waals surface area (Å²) in [5, 5.41) is 4.68. The summed E-state index contributed by atoms with van der Waals surface area (Å²) in [6.07, 6.45) is -3.88. The lowest BCUT2D eigenvalue weighted by atomic mass is 10.1. The largest absolute Gasteiger partial charge is 0.417 e. The molecule has 0 aliphatic rings. The van der Waals surface area contributed by atoms with Gasteiger partial charge in [0.1, 0.15) is 0 Å². The third-order valence-corrected chi connectivity index (χ3v) is 2.46. The predicted octanol–water partition coefficient (Wildman–Crippen LogP) is 1.96. The topological polar surface area (TPSA) is 58.2 Å². The van der Waals surface area contributed by atoms with Crippen LogP contribution in [0.2, 0.25) is 0 Å². The van der Waals surface area contributed by atoms with Crippen LogP contribution in [0.25, 0.3) is 0 Å². The molecule has 0 fully saturated rings. The van der Waals surface area contributed by atoms with Gasteiger partial charge in [0.25, 0.3) is 5.91 Å². The second-order valence-electron chi connectivity index (χ2n) is 4.08. The maximum absolute atomic E-state index is 12.7. The van der Waals surface area contributed by atoms with Gasteiger partial charge in [-0.1, -0.05) is 19.1 Å². The molecular formula is C13H15F3N2O2. The van der Waals surface area contributed by atoms with Crippen LogP contribution >= 0.6 is 0 Å². The number of carbonyl (C=O) groups is 2. The highest BCUT2D eigenvalue weighted by Crippen LogP contribution is 2.31. The highest BCUT2D eigenvalue weighted by Gasteiger charge is 2.34. The summed E-state index contributed by atoms with van der Waals surface area (Å²) in [4.78, 5) is 23.0. The quantitative estimate of drug-likeness (QED) is 0.870. The summed E-state index contributed by atoms with van der Waals surface area (Å²) < 4.78 is 38.1. The number of halogens is 3. The third-order valence-electron chi connectivity index (χ3n) is 2.46. The first-order valence-corrected chi connectivity index (χ1v) is 6.07. The van der Waals surface area contributed by atoms with E-state index in [2.05, 4.69) is 10.6 Å². The first-order valence-electron chi connectivity index (χ1n) is 6.07. The Balaban J connectivity index is 2.71. The summed E-state index contributed by atoms with van der Waals surface area (Å²) in [6.45, 7) is 1.96. The van der Waals surface area contributed by atoms with Crippen LogP contribution in [0.1, 0.15) is 29.3 Å². The van der Waals surface area contributed by atoms with E-state index in [1.54, 1.807) is 0 Å². The predicted molar refractivity (Wildman–Crippen MR) is 67.1 cm³/mol. The van der Waals surface area contributed by atoms with E-state index in [1.165, 1.54) is 12.1 Å². The molecule has 4 nitrogen and oxygen atoms in total. The second kappa shape index (κ2) is 6.93. The van der Waals surface area contributed by atoms with E-state index in [4.69, 9.17) is 0 Å². The molecule has 0 aromatic heterocycles. The third kappa shape index (κ3) is 4.56. The Morgan fingerprint density at radius 2 is 1.80 bits per heavy atom. The van der Waals surface area contributed by atoms with Crippen LogP contribution in [0.15, 0.2) is 24.3 Å². The average molecular weight is 288 g/mol. The van der Waals surface area contributed by atoms with Crippen LogP contribution in [0.3, 0.4) is 0 Å². The van der Waals surface area contributed by atoms with Gasteiger partial charge in [0.05, 0.1) is 17.7 Å². The highest BCUT2D eigenvalue weighted by molar-refractivity contribution is 5.97. The molecule has 0 radical (unpaired) electrons. The monoisotopic (exact) mass is 288 g/mol. The van der Waals surface area contributed by atoms with Gasteiger partial charge in [0.2, 0.25) is 5.91 Å². The standard InChI is InChI=1S/C13H15F3N2O2/c1-2-7-17-11(19)8-18-12(20)9-5-3-4-6-10(9)13(14,15)16/h3-6H,2,7-8H2,1H3,(H,17,19)(H,18,20). The molecule has 2 amide bonds. The van der Waals surface area contributed by atoms with Crippen molar-refractivity contribution in [3.63, 3.8) is 0 Å². The van der Waals surface area contributed by atoms with Crippen molar-refractivity contribution >= 4 is 11.8 Å². The van der Waals surface area contributed by atoms with Gasteiger partial charge in [-0.05, 0) is 18.6 Å². The summed E-state index contributed by atoms with van der Waals surface area (Å²) in [5.41, 5.74) is -1.52. The average Bonchev–Trinajstić information content (AvgIpc) is 2.41. The van der Waals surface area contributed by atoms with Crippen LogP contribution < -0.4 is 10.6 Å². The maximum atomic E-state index is 12.7. The molecule has 1 rings (SSSR count). The fourth-order valence-corrected chi connectivity index (χ4v) is 1.51. The van der Waals surface area contributed by atoms with Gasteiger partial charge in [-0.3, -0.25) is 9.59 Å². The van der Waals surface area contributed by atoms with Gasteiger partial charge >= 0.3 is 6.18 Å². The Morgan fingerprint density at radius 1 is 1.15 bits per heavy atom. The van der Waals surface area contributed by atoms with Crippen LogP contribution in [0.5, 0.6) is 0 Å². The Hall–Kier alpha value is -2.05. The van der Waals surface area contributed by atoms with Crippen molar-refractivity contribution in [3.05, 3.63) is 35.4 Å². The minimum Gasteiger partial charge on any atom is -0.355 e. The van der Waals surface area contributed by atoms with Gasteiger partial charge in [-0.2, -0.15) is 13.2 Å². The molecule has 0 aliphatic carbocycles. The maximum Gasteiger partial charge on any atom is 0.417 e. The Kier molecular flexibility index (Phi) is 5.54. The van der Waals surface area contributed by atoms with Crippen molar-refractivity contribution in [2.75, 3.05) is 13.1 Å². The number of hydrogen-bond donors (Lipinski definition) is 2. The molecule has 0 bridgehead atoms. The molecule has 2 N–H and O–H groups in total. The number of nitrogens with one attached hydrogen (secondary N) is 2. The summed E-state index contributed by atoms with van der Waals surface area (Å²) in [6, 6.07) is 4.43. The highest BCUT2D eigenvalue weighted by atomic mass is 19.4. The van der Waals surface area contributed by atoms with Gasteiger partial charge in [-0.15, -0.1) is 0 Å². The molecule has 110 valence electrons. The molecule has 0 unspecified atom stereocenters. The molecule has 20 heavy (non-hydrogen) atoms. The Bertz CT molecular complexity index is 487. The number of hydrogen-bond acceptors (Lipinski definition) is 2. The fraction of sp³-hybridized carbons (Fsp3) is 0.385. The van der Waals surface area contributed by atoms with E-state index in [1.807, 2.05) is 6.92 Å². The lowest BCUT2D eigenvalue weighted by molar-refractivity contribution is -0.137. The fourth-order valence-electron chi connectivity index (χ4n) is 1.51. The zero-order valence-corrected chi connectivity index (χ0v) is 10.9. The van der Waals surface area contributed by atoms with E-state index in [9.17, 15) is 22.8 Å². The van der Waals surface area contributed by atoms with E-state index in [0.29, 0.717) is 6.54 Å². The molecule has 7 heteroatoms. The molecule has 0 aliphatic heterocycles. The number of carbonyl (C=O) groups excluding carboxylic acids is 2. The summed E-state index contributed by atoms with van der Waals surface area (Å²) in [7, 11) is 0. The summed E-state index contributed by atoms with van der Waals surface area (Å²) >= 11 is 0. The van der Waals surface area contributed by atoms with Crippen LogP contribution in [-0.4, -0.2) is 24.9 Å². The van der Waals surface area contributed by atoms with E-state index in [0.717, 1.165) is 18.6 Å². The Morgan fingerprint density at radius 3 is 2.40 bits per heavy atom. The van der Waals surface area contributed by atoms with E-state index < -0.39 is 29.1 Å². The number of benzene rings is 1. The zero-order chi connectivity index (χ0) is 15.2. The van der Waals surface area contributed by atoms with Crippen molar-refractivity contribution < 1.29 is 22.8 Å². The molecule has 0 saturated carbocycles. The molecule has 1 aromatic rings. The van der Waals surface area contributed by atoms with Crippen LogP contribution in [0, 0.1) is 0 Å². The minimum absolute atomic E-state index is 0.356. The van der Waals surface area contributed by atoms with Gasteiger partial charge in [0, 0.05) is 6.54 Å². The van der Waals surface area contributed by atoms with Crippen molar-refractivity contribution in [2.24, 2.45) is 0 Å². The van der Waals surface area contributed by atoms with E-state index >= 15 is 0 Å². The van der Waals surface area contributed by atoms with E-state index in [-0.39, 0.29) is 6.54 Å². The zero-order valence-electron chi connectivity index (χ0n) is 10.9. The van der Waals surface area contributed by atoms with Gasteiger partial charge in [0.15, 0.2) is 0 Å². The van der Waals surface area contributed by atoms with Crippen molar-refractivity contribution in [3.8, 4) is 0 Å². The normalized spacial score (nSPS) is 11.0. The number of alkyl halides is 3. The van der Waals surface area contributed by atoms with Crippen LogP contribution in [0.4, 0.5) is 13.2 Å². The first kappa shape index (κ1) is 16.0. The van der Waals surface area contributed by atoms with Gasteiger partial charge in [-0.25, -0.2) is 0 Å². The number of amides is 2. The first-order chi connectivity index (χ1) is 9.36. The smallest absolute Gasteiger partial charge is 0.355 e. The number of rotatable bonds is 5. The van der Waals surface area contributed by atoms with Crippen LogP contribution in [-0.2, 0) is 11.0 Å². The minimum atomic E-state index is -4.61. The molecule has 0 atom stereocenters. The van der Waals surface area contributed by atoms with Crippen molar-refractivity contribution in [2.45, 2.75) is 19.5 Å².